The lowest BCUT2D eigenvalue weighted by Gasteiger charge is -2.26. The average Bonchev–Trinajstić information content (AvgIpc) is 2.80. The Morgan fingerprint density at radius 1 is 0.865 bits per heavy atom. The summed E-state index contributed by atoms with van der Waals surface area (Å²) in [4.78, 5) is 64.8. The topological polar surface area (TPSA) is 252 Å². The average molecular weight is 548 g/mol. The first-order chi connectivity index (χ1) is 17.3. The van der Waals surface area contributed by atoms with Crippen molar-refractivity contribution >= 4 is 47.4 Å². The monoisotopic (exact) mass is 547 g/mol. The van der Waals surface area contributed by atoms with Crippen LogP contribution >= 0.6 is 11.8 Å². The molecule has 4 atom stereocenters. The van der Waals surface area contributed by atoms with E-state index in [1.54, 1.807) is 0 Å². The zero-order valence-corrected chi connectivity index (χ0v) is 22.4. The first-order valence-electron chi connectivity index (χ1n) is 11.9. The number of amides is 3. The lowest BCUT2D eigenvalue weighted by molar-refractivity contribution is -0.143. The van der Waals surface area contributed by atoms with Crippen LogP contribution in [0.5, 0.6) is 0 Å². The number of thioether (sulfide) groups is 1. The quantitative estimate of drug-likeness (QED) is 0.0528. The van der Waals surface area contributed by atoms with Gasteiger partial charge in [-0.05, 0) is 50.0 Å². The van der Waals surface area contributed by atoms with Gasteiger partial charge in [0.05, 0.1) is 6.04 Å². The minimum Gasteiger partial charge on any atom is -0.481 e. The summed E-state index contributed by atoms with van der Waals surface area (Å²) in [5.74, 6) is -4.05. The molecule has 0 aliphatic heterocycles. The number of nitrogens with one attached hydrogen (secondary N) is 3. The van der Waals surface area contributed by atoms with Crippen LogP contribution < -0.4 is 33.2 Å². The van der Waals surface area contributed by atoms with E-state index in [0.29, 0.717) is 12.2 Å². The zero-order valence-electron chi connectivity index (χ0n) is 21.6. The number of aliphatic carboxylic acids is 2. The van der Waals surface area contributed by atoms with Gasteiger partial charge in [0, 0.05) is 13.0 Å². The van der Waals surface area contributed by atoms with Crippen LogP contribution in [0.3, 0.4) is 0 Å². The van der Waals surface area contributed by atoms with Gasteiger partial charge in [0.15, 0.2) is 5.96 Å². The number of hydrogen-bond acceptors (Lipinski definition) is 8. The maximum Gasteiger partial charge on any atom is 0.326 e. The zero-order chi connectivity index (χ0) is 28.5. The van der Waals surface area contributed by atoms with E-state index in [-0.39, 0.29) is 44.1 Å². The summed E-state index contributed by atoms with van der Waals surface area (Å²) < 4.78 is 0. The van der Waals surface area contributed by atoms with E-state index >= 15 is 0 Å². The number of carbonyl (C=O) groups excluding carboxylic acids is 3. The van der Waals surface area contributed by atoms with Crippen LogP contribution in [0.25, 0.3) is 0 Å². The molecule has 4 unspecified atom stereocenters. The highest BCUT2D eigenvalue weighted by atomic mass is 32.2. The molecule has 11 N–H and O–H groups in total. The van der Waals surface area contributed by atoms with Crippen molar-refractivity contribution in [2.75, 3.05) is 18.6 Å². The Morgan fingerprint density at radius 3 is 1.95 bits per heavy atom. The van der Waals surface area contributed by atoms with Gasteiger partial charge in [0.25, 0.3) is 0 Å². The molecule has 0 radical (unpaired) electrons. The Kier molecular flexibility index (Phi) is 16.7. The van der Waals surface area contributed by atoms with Crippen LogP contribution in [0.15, 0.2) is 4.99 Å². The largest absolute Gasteiger partial charge is 0.481 e. The van der Waals surface area contributed by atoms with Crippen molar-refractivity contribution in [3.05, 3.63) is 0 Å². The number of carboxylic acids is 2. The summed E-state index contributed by atoms with van der Waals surface area (Å²) in [6.07, 6.45) is 2.08. The fourth-order valence-corrected chi connectivity index (χ4v) is 3.69. The molecule has 14 nitrogen and oxygen atoms in total. The molecular weight excluding hydrogens is 506 g/mol. The van der Waals surface area contributed by atoms with Crippen molar-refractivity contribution in [3.8, 4) is 0 Å². The van der Waals surface area contributed by atoms with Crippen molar-refractivity contribution < 1.29 is 34.2 Å². The lowest BCUT2D eigenvalue weighted by atomic mass is 10.0. The summed E-state index contributed by atoms with van der Waals surface area (Å²) in [6.45, 7) is 3.87. The Labute approximate surface area is 220 Å². The van der Waals surface area contributed by atoms with Gasteiger partial charge in [-0.15, -0.1) is 0 Å². The molecule has 0 aliphatic carbocycles. The first-order valence-corrected chi connectivity index (χ1v) is 13.3. The van der Waals surface area contributed by atoms with E-state index in [9.17, 15) is 29.1 Å². The second-order valence-electron chi connectivity index (χ2n) is 8.92. The highest BCUT2D eigenvalue weighted by Gasteiger charge is 2.30. The third-order valence-corrected chi connectivity index (χ3v) is 5.79. The lowest BCUT2D eigenvalue weighted by Crippen LogP contribution is -2.57. The number of guanidine groups is 1. The fourth-order valence-electron chi connectivity index (χ4n) is 3.20. The molecule has 0 fully saturated rings. The summed E-state index contributed by atoms with van der Waals surface area (Å²) in [5, 5.41) is 25.7. The van der Waals surface area contributed by atoms with Crippen molar-refractivity contribution in [1.29, 1.82) is 0 Å². The molecule has 0 aromatic rings. The van der Waals surface area contributed by atoms with E-state index in [0.717, 1.165) is 0 Å². The van der Waals surface area contributed by atoms with Gasteiger partial charge < -0.3 is 43.4 Å². The predicted molar refractivity (Wildman–Crippen MR) is 141 cm³/mol. The minimum atomic E-state index is -1.47. The molecule has 0 saturated heterocycles. The van der Waals surface area contributed by atoms with E-state index in [1.807, 2.05) is 20.1 Å². The number of carboxylic acid groups (broad SMARTS) is 2. The maximum atomic E-state index is 13.1. The Hall–Kier alpha value is -3.07. The second-order valence-corrected chi connectivity index (χ2v) is 9.91. The Morgan fingerprint density at radius 2 is 1.43 bits per heavy atom. The van der Waals surface area contributed by atoms with Crippen LogP contribution in [0.1, 0.15) is 52.4 Å². The number of carbonyl (C=O) groups is 5. The third kappa shape index (κ3) is 15.6. The van der Waals surface area contributed by atoms with Crippen molar-refractivity contribution in [3.63, 3.8) is 0 Å². The minimum absolute atomic E-state index is 0.0139. The molecule has 0 saturated carbocycles. The summed E-state index contributed by atoms with van der Waals surface area (Å²) in [7, 11) is 0. The van der Waals surface area contributed by atoms with E-state index in [2.05, 4.69) is 20.9 Å². The standard InChI is InChI=1S/C22H41N7O7S/c1-12(2)11-16(29-18(32)13(23)8-10-37-3)20(34)27-14(5-4-9-26-22(24)25)19(33)28-15(21(35)36)6-7-17(30)31/h12-16H,4-11,23H2,1-3H3,(H,27,34)(H,28,33)(H,29,32)(H,30,31)(H,35,36)(H4,24,25,26). The van der Waals surface area contributed by atoms with Gasteiger partial charge in [0.1, 0.15) is 18.1 Å². The summed E-state index contributed by atoms with van der Waals surface area (Å²) in [6, 6.07) is -4.45. The molecular formula is C22H41N7O7S. The molecule has 0 spiro atoms. The number of hydrogen-bond donors (Lipinski definition) is 8. The van der Waals surface area contributed by atoms with Gasteiger partial charge in [-0.1, -0.05) is 13.8 Å². The van der Waals surface area contributed by atoms with Crippen molar-refractivity contribution in [2.45, 2.75) is 76.5 Å². The van der Waals surface area contributed by atoms with E-state index in [1.165, 1.54) is 11.8 Å². The number of nitrogens with two attached hydrogens (primary N) is 3. The van der Waals surface area contributed by atoms with Gasteiger partial charge in [-0.25, -0.2) is 4.79 Å². The Balaban J connectivity index is 5.62. The van der Waals surface area contributed by atoms with E-state index < -0.39 is 60.2 Å². The molecule has 0 aromatic carbocycles. The SMILES string of the molecule is CSCCC(N)C(=O)NC(CC(C)C)C(=O)NC(CCCN=C(N)N)C(=O)NC(CCC(=O)O)C(=O)O. The molecule has 212 valence electrons. The van der Waals surface area contributed by atoms with Crippen LogP contribution in [0.4, 0.5) is 0 Å². The van der Waals surface area contributed by atoms with Crippen LogP contribution in [0, 0.1) is 5.92 Å². The number of aliphatic imine (C=N–C) groups is 1. The fraction of sp³-hybridized carbons (Fsp3) is 0.727. The van der Waals surface area contributed by atoms with Crippen LogP contribution in [0.2, 0.25) is 0 Å². The molecule has 15 heteroatoms. The van der Waals surface area contributed by atoms with Crippen LogP contribution in [-0.4, -0.2) is 88.6 Å². The second kappa shape index (κ2) is 18.2. The van der Waals surface area contributed by atoms with Crippen molar-refractivity contribution in [1.82, 2.24) is 16.0 Å². The first kappa shape index (κ1) is 33.9. The van der Waals surface area contributed by atoms with Gasteiger partial charge in [-0.3, -0.25) is 24.2 Å². The van der Waals surface area contributed by atoms with Crippen molar-refractivity contribution in [2.24, 2.45) is 28.1 Å². The molecule has 0 aromatic heterocycles. The number of rotatable bonds is 19. The normalized spacial score (nSPS) is 14.1. The van der Waals surface area contributed by atoms with Gasteiger partial charge in [0.2, 0.25) is 17.7 Å². The number of nitrogens with zero attached hydrogens (tertiary/aromatic N) is 1. The smallest absolute Gasteiger partial charge is 0.326 e. The summed E-state index contributed by atoms with van der Waals surface area (Å²) >= 11 is 1.53. The molecule has 0 aliphatic rings. The van der Waals surface area contributed by atoms with Gasteiger partial charge >= 0.3 is 11.9 Å². The molecule has 37 heavy (non-hydrogen) atoms. The highest BCUT2D eigenvalue weighted by molar-refractivity contribution is 7.98. The van der Waals surface area contributed by atoms with Gasteiger partial charge in [-0.2, -0.15) is 11.8 Å². The van der Waals surface area contributed by atoms with Crippen LogP contribution in [-0.2, 0) is 24.0 Å². The highest BCUT2D eigenvalue weighted by Crippen LogP contribution is 2.09. The maximum absolute atomic E-state index is 13.1. The molecule has 3 amide bonds. The molecule has 0 bridgehead atoms. The predicted octanol–water partition coefficient (Wildman–Crippen LogP) is -1.43. The molecule has 0 rings (SSSR count). The molecule has 0 heterocycles. The Bertz CT molecular complexity index is 806. The van der Waals surface area contributed by atoms with E-state index in [4.69, 9.17) is 22.3 Å². The third-order valence-electron chi connectivity index (χ3n) is 5.15. The summed E-state index contributed by atoms with van der Waals surface area (Å²) in [5.41, 5.74) is 16.5.